The van der Waals surface area contributed by atoms with Crippen molar-refractivity contribution in [3.8, 4) is 0 Å². The minimum atomic E-state index is -0.404. The summed E-state index contributed by atoms with van der Waals surface area (Å²) in [6.45, 7) is 8.97. The topological polar surface area (TPSA) is 49.9 Å². The third-order valence-corrected chi connectivity index (χ3v) is 6.57. The lowest BCUT2D eigenvalue weighted by Gasteiger charge is -2.37. The minimum Gasteiger partial charge on any atom is -0.372 e. The van der Waals surface area contributed by atoms with Gasteiger partial charge in [0.1, 0.15) is 5.70 Å². The van der Waals surface area contributed by atoms with E-state index >= 15 is 0 Å². The van der Waals surface area contributed by atoms with Crippen LogP contribution in [0.25, 0.3) is 5.57 Å². The van der Waals surface area contributed by atoms with Crippen molar-refractivity contribution >= 4 is 46.3 Å². The summed E-state index contributed by atoms with van der Waals surface area (Å²) in [7, 11) is 0. The molecule has 4 rings (SSSR count). The van der Waals surface area contributed by atoms with Crippen LogP contribution in [0.3, 0.4) is 0 Å². The van der Waals surface area contributed by atoms with Crippen molar-refractivity contribution in [3.63, 3.8) is 0 Å². The number of halogens is 2. The third kappa shape index (κ3) is 3.86. The van der Waals surface area contributed by atoms with E-state index in [0.29, 0.717) is 29.9 Å². The number of benzene rings is 2. The second kappa shape index (κ2) is 8.30. The number of morpholine rings is 1. The Morgan fingerprint density at radius 3 is 2.26 bits per heavy atom. The predicted molar refractivity (Wildman–Crippen MR) is 123 cm³/mol. The number of carbonyl (C=O) groups excluding carboxylic acids is 2. The van der Waals surface area contributed by atoms with Crippen LogP contribution in [-0.4, -0.2) is 42.0 Å². The molecule has 2 aromatic carbocycles. The molecule has 2 atom stereocenters. The standard InChI is InChI=1S/C24H24Cl2N2O3/c1-13-8-9-17(10-14(13)2)20-22(27-11-15(3)31-16(4)12-27)24(30)28(23(20)29)19-7-5-6-18(25)21(19)26/h5-10,15-16H,11-12H2,1-4H3. The van der Waals surface area contributed by atoms with Gasteiger partial charge in [0.25, 0.3) is 11.8 Å². The lowest BCUT2D eigenvalue weighted by atomic mass is 9.99. The zero-order valence-corrected chi connectivity index (χ0v) is 19.4. The second-order valence-corrected chi connectivity index (χ2v) is 8.99. The van der Waals surface area contributed by atoms with Gasteiger partial charge in [-0.15, -0.1) is 0 Å². The number of amides is 2. The third-order valence-electron chi connectivity index (χ3n) is 5.76. The van der Waals surface area contributed by atoms with Crippen LogP contribution in [0.2, 0.25) is 10.0 Å². The zero-order chi connectivity index (χ0) is 22.4. The molecule has 5 nitrogen and oxygen atoms in total. The number of anilines is 1. The highest BCUT2D eigenvalue weighted by Gasteiger charge is 2.44. The summed E-state index contributed by atoms with van der Waals surface area (Å²) < 4.78 is 5.85. The number of nitrogens with zero attached hydrogens (tertiary/aromatic N) is 2. The quantitative estimate of drug-likeness (QED) is 0.606. The van der Waals surface area contributed by atoms with E-state index in [2.05, 4.69) is 0 Å². The van der Waals surface area contributed by atoms with Gasteiger partial charge in [-0.05, 0) is 56.5 Å². The molecule has 31 heavy (non-hydrogen) atoms. The summed E-state index contributed by atoms with van der Waals surface area (Å²) in [5, 5.41) is 0.463. The first kappa shape index (κ1) is 21.9. The van der Waals surface area contributed by atoms with Crippen LogP contribution in [0, 0.1) is 13.8 Å². The van der Waals surface area contributed by atoms with Crippen LogP contribution in [0.15, 0.2) is 42.1 Å². The molecule has 2 aliphatic rings. The summed E-state index contributed by atoms with van der Waals surface area (Å²) in [5.41, 5.74) is 3.93. The highest BCUT2D eigenvalue weighted by Crippen LogP contribution is 2.40. The number of hydrogen-bond acceptors (Lipinski definition) is 4. The summed E-state index contributed by atoms with van der Waals surface area (Å²) in [6.07, 6.45) is -0.132. The first-order valence-electron chi connectivity index (χ1n) is 10.2. The molecule has 2 aromatic rings. The highest BCUT2D eigenvalue weighted by atomic mass is 35.5. The molecule has 0 saturated carbocycles. The Labute approximate surface area is 192 Å². The molecule has 2 aliphatic heterocycles. The predicted octanol–water partition coefficient (Wildman–Crippen LogP) is 5.00. The number of ether oxygens (including phenoxy) is 1. The van der Waals surface area contributed by atoms with Gasteiger partial charge in [-0.25, -0.2) is 4.90 Å². The average Bonchev–Trinajstić information content (AvgIpc) is 2.96. The van der Waals surface area contributed by atoms with E-state index < -0.39 is 11.8 Å². The Kier molecular flexibility index (Phi) is 5.86. The Hall–Kier alpha value is -2.34. The van der Waals surface area contributed by atoms with Gasteiger partial charge in [0.15, 0.2) is 0 Å². The van der Waals surface area contributed by atoms with Gasteiger partial charge < -0.3 is 9.64 Å². The summed E-state index contributed by atoms with van der Waals surface area (Å²) >= 11 is 12.6. The summed E-state index contributed by atoms with van der Waals surface area (Å²) in [4.78, 5) is 30.5. The van der Waals surface area contributed by atoms with Crippen molar-refractivity contribution in [2.75, 3.05) is 18.0 Å². The molecule has 1 saturated heterocycles. The fraction of sp³-hybridized carbons (Fsp3) is 0.333. The number of aryl methyl sites for hydroxylation is 2. The van der Waals surface area contributed by atoms with Gasteiger partial charge in [0.05, 0.1) is 33.5 Å². The van der Waals surface area contributed by atoms with E-state index in [-0.39, 0.29) is 27.9 Å². The first-order chi connectivity index (χ1) is 14.7. The first-order valence-corrected chi connectivity index (χ1v) is 11.0. The van der Waals surface area contributed by atoms with Crippen molar-refractivity contribution in [1.82, 2.24) is 4.90 Å². The molecule has 0 radical (unpaired) electrons. The largest absolute Gasteiger partial charge is 0.372 e. The normalized spacial score (nSPS) is 22.0. The minimum absolute atomic E-state index is 0.0658. The van der Waals surface area contributed by atoms with Crippen LogP contribution in [0.1, 0.15) is 30.5 Å². The monoisotopic (exact) mass is 458 g/mol. The van der Waals surface area contributed by atoms with Crippen LogP contribution < -0.4 is 4.90 Å². The molecule has 2 heterocycles. The molecule has 1 fully saturated rings. The van der Waals surface area contributed by atoms with Gasteiger partial charge >= 0.3 is 0 Å². The fourth-order valence-corrected chi connectivity index (χ4v) is 4.59. The van der Waals surface area contributed by atoms with E-state index in [1.807, 2.05) is 50.8 Å². The SMILES string of the molecule is Cc1ccc(C2=C(N3CC(C)OC(C)C3)C(=O)N(c3cccc(Cl)c3Cl)C2=O)cc1C. The molecule has 7 heteroatoms. The summed E-state index contributed by atoms with van der Waals surface area (Å²) in [5.74, 6) is -0.803. The Morgan fingerprint density at radius 2 is 1.61 bits per heavy atom. The Morgan fingerprint density at radius 1 is 0.935 bits per heavy atom. The molecular formula is C24H24Cl2N2O3. The molecule has 0 spiro atoms. The number of carbonyl (C=O) groups is 2. The van der Waals surface area contributed by atoms with Crippen molar-refractivity contribution in [1.29, 1.82) is 0 Å². The van der Waals surface area contributed by atoms with Crippen LogP contribution in [0.5, 0.6) is 0 Å². The average molecular weight is 459 g/mol. The van der Waals surface area contributed by atoms with E-state index in [9.17, 15) is 9.59 Å². The number of hydrogen-bond donors (Lipinski definition) is 0. The highest BCUT2D eigenvalue weighted by molar-refractivity contribution is 6.49. The van der Waals surface area contributed by atoms with Gasteiger partial charge in [-0.2, -0.15) is 0 Å². The van der Waals surface area contributed by atoms with E-state index in [0.717, 1.165) is 16.0 Å². The van der Waals surface area contributed by atoms with Crippen molar-refractivity contribution < 1.29 is 14.3 Å². The van der Waals surface area contributed by atoms with E-state index in [1.54, 1.807) is 18.2 Å². The lowest BCUT2D eigenvalue weighted by Crippen LogP contribution is -2.47. The molecule has 162 valence electrons. The van der Waals surface area contributed by atoms with E-state index in [4.69, 9.17) is 27.9 Å². The number of imide groups is 1. The smallest absolute Gasteiger partial charge is 0.282 e. The van der Waals surface area contributed by atoms with Crippen molar-refractivity contribution in [2.45, 2.75) is 39.9 Å². The second-order valence-electron chi connectivity index (χ2n) is 8.20. The molecule has 2 unspecified atom stereocenters. The van der Waals surface area contributed by atoms with Gasteiger partial charge in [0, 0.05) is 13.1 Å². The van der Waals surface area contributed by atoms with Gasteiger partial charge in [-0.1, -0.05) is 47.5 Å². The van der Waals surface area contributed by atoms with E-state index in [1.165, 1.54) is 0 Å². The maximum atomic E-state index is 13.7. The molecule has 0 N–H and O–H groups in total. The molecule has 2 amide bonds. The number of rotatable bonds is 3. The molecular weight excluding hydrogens is 435 g/mol. The molecule has 0 aliphatic carbocycles. The van der Waals surface area contributed by atoms with Crippen molar-refractivity contribution in [2.24, 2.45) is 0 Å². The van der Waals surface area contributed by atoms with Gasteiger partial charge in [-0.3, -0.25) is 9.59 Å². The Balaban J connectivity index is 1.89. The van der Waals surface area contributed by atoms with Gasteiger partial charge in [0.2, 0.25) is 0 Å². The van der Waals surface area contributed by atoms with Crippen LogP contribution in [-0.2, 0) is 14.3 Å². The Bertz CT molecular complexity index is 1100. The molecule has 0 aromatic heterocycles. The van der Waals surface area contributed by atoms with Crippen molar-refractivity contribution in [3.05, 3.63) is 68.8 Å². The zero-order valence-electron chi connectivity index (χ0n) is 17.9. The summed E-state index contributed by atoms with van der Waals surface area (Å²) in [6, 6.07) is 10.7. The van der Waals surface area contributed by atoms with Crippen LogP contribution >= 0.6 is 23.2 Å². The fourth-order valence-electron chi connectivity index (χ4n) is 4.21. The maximum Gasteiger partial charge on any atom is 0.282 e. The lowest BCUT2D eigenvalue weighted by molar-refractivity contribution is -0.121. The van der Waals surface area contributed by atoms with Crippen LogP contribution in [0.4, 0.5) is 5.69 Å². The molecule has 0 bridgehead atoms. The maximum absolute atomic E-state index is 13.7.